The van der Waals surface area contributed by atoms with E-state index in [0.29, 0.717) is 11.9 Å². The van der Waals surface area contributed by atoms with Crippen LogP contribution in [0.25, 0.3) is 0 Å². The molecule has 1 aromatic rings. The molecule has 0 aromatic carbocycles. The summed E-state index contributed by atoms with van der Waals surface area (Å²) in [5, 5.41) is 3.33. The second-order valence-corrected chi connectivity index (χ2v) is 4.55. The highest BCUT2D eigenvalue weighted by molar-refractivity contribution is 5.34. The topological polar surface area (TPSA) is 28.2 Å². The van der Waals surface area contributed by atoms with Crippen LogP contribution in [0.2, 0.25) is 0 Å². The van der Waals surface area contributed by atoms with Gasteiger partial charge >= 0.3 is 0 Å². The summed E-state index contributed by atoms with van der Waals surface area (Å²) >= 11 is 0. The van der Waals surface area contributed by atoms with Gasteiger partial charge in [0.05, 0.1) is 0 Å². The maximum atomic E-state index is 13.0. The Bertz CT molecular complexity index is 356. The number of hydrogen-bond donors (Lipinski definition) is 1. The second-order valence-electron chi connectivity index (χ2n) is 4.55. The molecule has 1 N–H and O–H groups in total. The lowest BCUT2D eigenvalue weighted by Gasteiger charge is -2.18. The molecule has 0 radical (unpaired) electrons. The van der Waals surface area contributed by atoms with Crippen LogP contribution in [0.15, 0.2) is 18.2 Å². The van der Waals surface area contributed by atoms with E-state index in [1.54, 1.807) is 6.07 Å². The Balaban J connectivity index is 1.90. The average Bonchev–Trinajstić information content (AvgIpc) is 2.54. The molecule has 3 nitrogen and oxygen atoms in total. The fraction of sp³-hybridized carbons (Fsp3) is 0.615. The van der Waals surface area contributed by atoms with E-state index in [1.165, 1.54) is 19.0 Å². The van der Waals surface area contributed by atoms with Crippen molar-refractivity contribution in [3.8, 4) is 0 Å². The molecule has 1 aliphatic rings. The summed E-state index contributed by atoms with van der Waals surface area (Å²) in [6, 6.07) is 5.31. The van der Waals surface area contributed by atoms with Gasteiger partial charge in [0, 0.05) is 12.6 Å². The lowest BCUT2D eigenvalue weighted by atomic mass is 10.1. The van der Waals surface area contributed by atoms with E-state index in [1.807, 2.05) is 6.07 Å². The Labute approximate surface area is 102 Å². The third-order valence-corrected chi connectivity index (χ3v) is 3.34. The molecule has 1 atom stereocenters. The third-order valence-electron chi connectivity index (χ3n) is 3.34. The molecule has 1 fully saturated rings. The van der Waals surface area contributed by atoms with Gasteiger partial charge in [-0.15, -0.1) is 0 Å². The molecule has 4 heteroatoms. The van der Waals surface area contributed by atoms with E-state index in [9.17, 15) is 4.39 Å². The molecule has 1 saturated heterocycles. The second kappa shape index (κ2) is 5.96. The molecule has 1 aliphatic heterocycles. The Kier molecular flexibility index (Phi) is 4.31. The minimum Gasteiger partial charge on any atom is -0.367 e. The first-order chi connectivity index (χ1) is 8.28. The molecule has 1 unspecified atom stereocenters. The summed E-state index contributed by atoms with van der Waals surface area (Å²) in [6.07, 6.45) is 3.43. The largest absolute Gasteiger partial charge is 0.367 e. The predicted molar refractivity (Wildman–Crippen MR) is 67.6 cm³/mol. The van der Waals surface area contributed by atoms with Gasteiger partial charge in [-0.3, -0.25) is 0 Å². The van der Waals surface area contributed by atoms with E-state index in [2.05, 4.69) is 22.1 Å². The number of pyridine rings is 1. The zero-order valence-corrected chi connectivity index (χ0v) is 10.3. The molecule has 2 rings (SSSR count). The minimum absolute atomic E-state index is 0.417. The molecule has 0 amide bonds. The van der Waals surface area contributed by atoms with Crippen LogP contribution in [0.4, 0.5) is 10.2 Å². The normalized spacial score (nSPS) is 22.1. The van der Waals surface area contributed by atoms with Gasteiger partial charge in [-0.05, 0) is 44.5 Å². The lowest BCUT2D eigenvalue weighted by Crippen LogP contribution is -2.26. The van der Waals surface area contributed by atoms with Crippen molar-refractivity contribution < 1.29 is 4.39 Å². The Morgan fingerprint density at radius 1 is 1.41 bits per heavy atom. The van der Waals surface area contributed by atoms with Crippen molar-refractivity contribution in [3.63, 3.8) is 0 Å². The van der Waals surface area contributed by atoms with Crippen molar-refractivity contribution in [2.24, 2.45) is 0 Å². The van der Waals surface area contributed by atoms with E-state index in [0.717, 1.165) is 25.9 Å². The molecule has 0 aliphatic carbocycles. The summed E-state index contributed by atoms with van der Waals surface area (Å²) in [4.78, 5) is 6.30. The number of aromatic nitrogens is 1. The summed E-state index contributed by atoms with van der Waals surface area (Å²) in [6.45, 7) is 5.60. The van der Waals surface area contributed by atoms with Crippen LogP contribution >= 0.6 is 0 Å². The van der Waals surface area contributed by atoms with E-state index >= 15 is 0 Å². The predicted octanol–water partition coefficient (Wildman–Crippen LogP) is 2.51. The summed E-state index contributed by atoms with van der Waals surface area (Å²) in [5.41, 5.74) is 0. The minimum atomic E-state index is -0.418. The van der Waals surface area contributed by atoms with Crippen LogP contribution in [0, 0.1) is 5.95 Å². The van der Waals surface area contributed by atoms with Gasteiger partial charge in [0.2, 0.25) is 5.95 Å². The van der Waals surface area contributed by atoms with Crippen LogP contribution in [-0.4, -0.2) is 35.6 Å². The average molecular weight is 237 g/mol. The maximum Gasteiger partial charge on any atom is 0.214 e. The zero-order valence-electron chi connectivity index (χ0n) is 10.3. The number of anilines is 1. The molecule has 0 spiro atoms. The van der Waals surface area contributed by atoms with Crippen molar-refractivity contribution in [3.05, 3.63) is 24.1 Å². The Morgan fingerprint density at radius 3 is 3.06 bits per heavy atom. The van der Waals surface area contributed by atoms with Crippen LogP contribution in [-0.2, 0) is 0 Å². The lowest BCUT2D eigenvalue weighted by molar-refractivity contribution is 0.300. The highest BCUT2D eigenvalue weighted by Crippen LogP contribution is 2.15. The van der Waals surface area contributed by atoms with Crippen molar-refractivity contribution in [2.45, 2.75) is 32.2 Å². The smallest absolute Gasteiger partial charge is 0.214 e. The van der Waals surface area contributed by atoms with E-state index in [4.69, 9.17) is 0 Å². The Morgan fingerprint density at radius 2 is 2.29 bits per heavy atom. The third kappa shape index (κ3) is 3.66. The van der Waals surface area contributed by atoms with E-state index in [-0.39, 0.29) is 0 Å². The fourth-order valence-electron chi connectivity index (χ4n) is 2.31. The summed E-state index contributed by atoms with van der Waals surface area (Å²) in [5.74, 6) is 0.235. The molecule has 94 valence electrons. The molecular formula is C13H20FN3. The van der Waals surface area contributed by atoms with Crippen LogP contribution in [0.5, 0.6) is 0 Å². The van der Waals surface area contributed by atoms with E-state index < -0.39 is 5.95 Å². The monoisotopic (exact) mass is 237 g/mol. The van der Waals surface area contributed by atoms with Gasteiger partial charge in [-0.25, -0.2) is 4.98 Å². The van der Waals surface area contributed by atoms with Gasteiger partial charge in [0.1, 0.15) is 5.82 Å². The first kappa shape index (κ1) is 12.3. The molecule has 0 saturated carbocycles. The SMILES string of the molecule is CCN1CCCC(Nc2cccc(F)n2)CC1. The fourth-order valence-corrected chi connectivity index (χ4v) is 2.31. The summed E-state index contributed by atoms with van der Waals surface area (Å²) < 4.78 is 13.0. The van der Waals surface area contributed by atoms with Crippen molar-refractivity contribution >= 4 is 5.82 Å². The van der Waals surface area contributed by atoms with Crippen molar-refractivity contribution in [1.82, 2.24) is 9.88 Å². The number of likely N-dealkylation sites (tertiary alicyclic amines) is 1. The van der Waals surface area contributed by atoms with Crippen LogP contribution in [0.1, 0.15) is 26.2 Å². The number of nitrogens with one attached hydrogen (secondary N) is 1. The molecule has 17 heavy (non-hydrogen) atoms. The van der Waals surface area contributed by atoms with Crippen molar-refractivity contribution in [1.29, 1.82) is 0 Å². The molecule has 1 aromatic heterocycles. The highest BCUT2D eigenvalue weighted by atomic mass is 19.1. The number of rotatable bonds is 3. The zero-order chi connectivity index (χ0) is 12.1. The molecular weight excluding hydrogens is 217 g/mol. The number of halogens is 1. The van der Waals surface area contributed by atoms with Crippen LogP contribution in [0.3, 0.4) is 0 Å². The first-order valence-corrected chi connectivity index (χ1v) is 6.39. The van der Waals surface area contributed by atoms with Gasteiger partial charge in [-0.1, -0.05) is 13.0 Å². The molecule has 2 heterocycles. The standard InChI is InChI=1S/C13H20FN3/c1-2-17-9-4-5-11(8-10-17)15-13-7-3-6-12(14)16-13/h3,6-7,11H,2,4-5,8-10H2,1H3,(H,15,16). The number of hydrogen-bond acceptors (Lipinski definition) is 3. The first-order valence-electron chi connectivity index (χ1n) is 6.39. The van der Waals surface area contributed by atoms with Gasteiger partial charge in [0.25, 0.3) is 0 Å². The maximum absolute atomic E-state index is 13.0. The van der Waals surface area contributed by atoms with Crippen molar-refractivity contribution in [2.75, 3.05) is 25.0 Å². The van der Waals surface area contributed by atoms with Gasteiger partial charge in [-0.2, -0.15) is 4.39 Å². The van der Waals surface area contributed by atoms with Gasteiger partial charge < -0.3 is 10.2 Å². The molecule has 0 bridgehead atoms. The van der Waals surface area contributed by atoms with Crippen LogP contribution < -0.4 is 5.32 Å². The van der Waals surface area contributed by atoms with Gasteiger partial charge in [0.15, 0.2) is 0 Å². The number of nitrogens with zero attached hydrogens (tertiary/aromatic N) is 2. The summed E-state index contributed by atoms with van der Waals surface area (Å²) in [7, 11) is 0. The highest BCUT2D eigenvalue weighted by Gasteiger charge is 2.16. The Hall–Kier alpha value is -1.16. The quantitative estimate of drug-likeness (QED) is 0.819.